The maximum Gasteiger partial charge on any atom is 0.119 e. The minimum Gasteiger partial charge on any atom is -0.492 e. The average Bonchev–Trinajstić information content (AvgIpc) is 2.44. The van der Waals surface area contributed by atoms with Crippen molar-refractivity contribution in [2.24, 2.45) is 5.41 Å². The van der Waals surface area contributed by atoms with Crippen LogP contribution in [0.1, 0.15) is 33.3 Å². The van der Waals surface area contributed by atoms with Crippen LogP contribution in [-0.2, 0) is 0 Å². The normalized spacial score (nSPS) is 12.7. The Morgan fingerprint density at radius 2 is 1.86 bits per heavy atom. The molecule has 0 spiro atoms. The molecule has 0 fully saturated rings. The summed E-state index contributed by atoms with van der Waals surface area (Å²) in [6.45, 7) is 10.4. The van der Waals surface area contributed by atoms with Crippen LogP contribution in [0.25, 0.3) is 0 Å². The largest absolute Gasteiger partial charge is 0.492 e. The second kappa shape index (κ2) is 8.07. The van der Waals surface area contributed by atoms with Crippen LogP contribution < -0.4 is 4.74 Å². The summed E-state index contributed by atoms with van der Waals surface area (Å²) < 4.78 is 5.76. The van der Waals surface area contributed by atoms with Gasteiger partial charge in [0.05, 0.1) is 0 Å². The lowest BCUT2D eigenvalue weighted by Crippen LogP contribution is -2.41. The lowest BCUT2D eigenvalue weighted by molar-refractivity contribution is 0.121. The molecule has 21 heavy (non-hydrogen) atoms. The molecule has 1 rings (SSSR count). The molecule has 1 aromatic carbocycles. The molecule has 3 heteroatoms. The highest BCUT2D eigenvalue weighted by atomic mass is 16.5. The summed E-state index contributed by atoms with van der Waals surface area (Å²) in [7, 11) is 2.13. The molecular formula is C18H27NO2. The number of benzene rings is 1. The number of aliphatic hydroxyl groups excluding tert-OH is 1. The number of ether oxygens (including phenoxy) is 1. The summed E-state index contributed by atoms with van der Waals surface area (Å²) in [4.78, 5) is 2.32. The van der Waals surface area contributed by atoms with Crippen LogP contribution in [0.3, 0.4) is 0 Å². The zero-order valence-corrected chi connectivity index (χ0v) is 13.8. The Morgan fingerprint density at radius 1 is 1.24 bits per heavy atom. The molecule has 0 aliphatic carbocycles. The number of nitrogens with zero attached hydrogens (tertiary/aromatic N) is 1. The first kappa shape index (κ1) is 17.6. The first-order valence-corrected chi connectivity index (χ1v) is 7.37. The fourth-order valence-corrected chi connectivity index (χ4v) is 1.94. The van der Waals surface area contributed by atoms with Gasteiger partial charge in [0, 0.05) is 18.2 Å². The van der Waals surface area contributed by atoms with Gasteiger partial charge in [0.25, 0.3) is 0 Å². The highest BCUT2D eigenvalue weighted by molar-refractivity contribution is 5.38. The second-order valence-corrected chi connectivity index (χ2v) is 6.36. The number of hydrogen-bond donors (Lipinski definition) is 1. The molecule has 0 radical (unpaired) electrons. The molecule has 1 unspecified atom stereocenters. The van der Waals surface area contributed by atoms with Crippen molar-refractivity contribution in [2.45, 2.75) is 33.7 Å². The number of likely N-dealkylation sites (N-methyl/N-ethyl adjacent to an activating group) is 1. The SMILES string of the molecule is CC(N(C)CCOc1ccc(C#CCO)cc1)C(C)(C)C. The van der Waals surface area contributed by atoms with E-state index in [-0.39, 0.29) is 12.0 Å². The molecule has 0 saturated carbocycles. The fraction of sp³-hybridized carbons (Fsp3) is 0.556. The number of aliphatic hydroxyl groups is 1. The maximum absolute atomic E-state index is 8.65. The third kappa shape index (κ3) is 6.20. The van der Waals surface area contributed by atoms with E-state index in [1.54, 1.807) is 0 Å². The maximum atomic E-state index is 8.65. The Labute approximate surface area is 128 Å². The van der Waals surface area contributed by atoms with E-state index in [9.17, 15) is 0 Å². The molecule has 0 bridgehead atoms. The zero-order chi connectivity index (χ0) is 15.9. The monoisotopic (exact) mass is 289 g/mol. The Balaban J connectivity index is 2.42. The van der Waals surface area contributed by atoms with E-state index in [0.29, 0.717) is 12.6 Å². The summed E-state index contributed by atoms with van der Waals surface area (Å²) in [5.41, 5.74) is 1.15. The van der Waals surface area contributed by atoms with Gasteiger partial charge in [-0.2, -0.15) is 0 Å². The van der Waals surface area contributed by atoms with Gasteiger partial charge in [0.15, 0.2) is 0 Å². The zero-order valence-electron chi connectivity index (χ0n) is 13.8. The highest BCUT2D eigenvalue weighted by Crippen LogP contribution is 2.22. The lowest BCUT2D eigenvalue weighted by atomic mass is 9.87. The van der Waals surface area contributed by atoms with E-state index in [0.717, 1.165) is 17.9 Å². The van der Waals surface area contributed by atoms with E-state index in [4.69, 9.17) is 9.84 Å². The van der Waals surface area contributed by atoms with Crippen LogP contribution >= 0.6 is 0 Å². The number of hydrogen-bond acceptors (Lipinski definition) is 3. The van der Waals surface area contributed by atoms with Crippen molar-refractivity contribution in [1.82, 2.24) is 4.90 Å². The molecule has 0 amide bonds. The second-order valence-electron chi connectivity index (χ2n) is 6.36. The highest BCUT2D eigenvalue weighted by Gasteiger charge is 2.23. The van der Waals surface area contributed by atoms with Gasteiger partial charge >= 0.3 is 0 Å². The van der Waals surface area contributed by atoms with Crippen LogP contribution in [0.5, 0.6) is 5.75 Å². The molecule has 0 heterocycles. The molecule has 0 aromatic heterocycles. The summed E-state index contributed by atoms with van der Waals surface area (Å²) in [6.07, 6.45) is 0. The third-order valence-corrected chi connectivity index (χ3v) is 3.79. The molecule has 0 aliphatic rings. The van der Waals surface area contributed by atoms with Gasteiger partial charge in [-0.1, -0.05) is 32.6 Å². The van der Waals surface area contributed by atoms with Crippen LogP contribution in [0, 0.1) is 17.3 Å². The van der Waals surface area contributed by atoms with Crippen molar-refractivity contribution < 1.29 is 9.84 Å². The minimum absolute atomic E-state index is 0.115. The van der Waals surface area contributed by atoms with E-state index in [1.165, 1.54) is 0 Å². The summed E-state index contributed by atoms with van der Waals surface area (Å²) >= 11 is 0. The molecule has 1 N–H and O–H groups in total. The van der Waals surface area contributed by atoms with Gasteiger partial charge < -0.3 is 9.84 Å². The number of rotatable bonds is 5. The van der Waals surface area contributed by atoms with E-state index < -0.39 is 0 Å². The van der Waals surface area contributed by atoms with Gasteiger partial charge in [-0.3, -0.25) is 4.90 Å². The van der Waals surface area contributed by atoms with E-state index in [1.807, 2.05) is 24.3 Å². The minimum atomic E-state index is -0.115. The first-order chi connectivity index (χ1) is 9.84. The van der Waals surface area contributed by atoms with Crippen molar-refractivity contribution in [2.75, 3.05) is 26.8 Å². The van der Waals surface area contributed by atoms with Crippen molar-refractivity contribution in [3.63, 3.8) is 0 Å². The van der Waals surface area contributed by atoms with Gasteiger partial charge in [-0.15, -0.1) is 0 Å². The molecular weight excluding hydrogens is 262 g/mol. The molecule has 0 saturated heterocycles. The van der Waals surface area contributed by atoms with E-state index >= 15 is 0 Å². The van der Waals surface area contributed by atoms with Gasteiger partial charge in [0.2, 0.25) is 0 Å². The molecule has 1 atom stereocenters. The smallest absolute Gasteiger partial charge is 0.119 e. The first-order valence-electron chi connectivity index (χ1n) is 7.37. The lowest BCUT2D eigenvalue weighted by Gasteiger charge is -2.35. The van der Waals surface area contributed by atoms with Crippen LogP contribution in [0.2, 0.25) is 0 Å². The Kier molecular flexibility index (Phi) is 6.74. The summed E-state index contributed by atoms with van der Waals surface area (Å²) in [5.74, 6) is 6.34. The Morgan fingerprint density at radius 3 is 2.38 bits per heavy atom. The van der Waals surface area contributed by atoms with Gasteiger partial charge in [0.1, 0.15) is 19.0 Å². The van der Waals surface area contributed by atoms with Crippen LogP contribution in [-0.4, -0.2) is 42.9 Å². The van der Waals surface area contributed by atoms with Crippen molar-refractivity contribution in [3.8, 4) is 17.6 Å². The van der Waals surface area contributed by atoms with Crippen molar-refractivity contribution in [3.05, 3.63) is 29.8 Å². The molecule has 0 aliphatic heterocycles. The Hall–Kier alpha value is -1.50. The predicted octanol–water partition coefficient (Wildman–Crippen LogP) is 2.78. The fourth-order valence-electron chi connectivity index (χ4n) is 1.94. The standard InChI is InChI=1S/C18H27NO2/c1-15(18(2,3)4)19(5)12-14-21-17-10-8-16(9-11-17)7-6-13-20/h8-11,15,20H,12-14H2,1-5H3. The predicted molar refractivity (Wildman–Crippen MR) is 87.4 cm³/mol. The quantitative estimate of drug-likeness (QED) is 0.846. The summed E-state index contributed by atoms with van der Waals surface area (Å²) in [6, 6.07) is 8.12. The molecule has 1 aromatic rings. The average molecular weight is 289 g/mol. The molecule has 3 nitrogen and oxygen atoms in total. The summed E-state index contributed by atoms with van der Waals surface area (Å²) in [5, 5.41) is 8.65. The topological polar surface area (TPSA) is 32.7 Å². The van der Waals surface area contributed by atoms with Crippen LogP contribution in [0.4, 0.5) is 0 Å². The Bertz CT molecular complexity index is 477. The van der Waals surface area contributed by atoms with Gasteiger partial charge in [-0.25, -0.2) is 0 Å². The van der Waals surface area contributed by atoms with Crippen molar-refractivity contribution >= 4 is 0 Å². The molecule has 116 valence electrons. The van der Waals surface area contributed by atoms with Crippen LogP contribution in [0.15, 0.2) is 24.3 Å². The van der Waals surface area contributed by atoms with Gasteiger partial charge in [-0.05, 0) is 43.7 Å². The van der Waals surface area contributed by atoms with E-state index in [2.05, 4.69) is 51.5 Å². The third-order valence-electron chi connectivity index (χ3n) is 3.79. The van der Waals surface area contributed by atoms with Crippen molar-refractivity contribution in [1.29, 1.82) is 0 Å².